The molecule has 2 heterocycles. The average Bonchev–Trinajstić information content (AvgIpc) is 3.00. The summed E-state index contributed by atoms with van der Waals surface area (Å²) in [6.45, 7) is 0.0786. The Labute approximate surface area is 264 Å². The number of nitrogens with one attached hydrogen (secondary N) is 2. The van der Waals surface area contributed by atoms with Crippen molar-refractivity contribution in [2.75, 3.05) is 11.9 Å². The van der Waals surface area contributed by atoms with Crippen LogP contribution in [0, 0.1) is 12.3 Å². The van der Waals surface area contributed by atoms with Crippen LogP contribution >= 0.6 is 23.2 Å². The minimum absolute atomic E-state index is 0.0108. The van der Waals surface area contributed by atoms with Crippen molar-refractivity contribution in [3.8, 4) is 29.4 Å². The predicted octanol–water partition coefficient (Wildman–Crippen LogP) is 5.89. The minimum Gasteiger partial charge on any atom is -0.486 e. The van der Waals surface area contributed by atoms with E-state index in [9.17, 15) is 17.1 Å². The molecular formula is C31H28Cl2FN5O4S. The lowest BCUT2D eigenvalue weighted by atomic mass is 9.91. The quantitative estimate of drug-likeness (QED) is 0.150. The van der Waals surface area contributed by atoms with Crippen LogP contribution in [0.25, 0.3) is 22.3 Å². The normalized spacial score (nSPS) is 16.7. The number of halogens is 3. The number of aromatic nitrogens is 2. The lowest BCUT2D eigenvalue weighted by Gasteiger charge is -2.28. The first-order valence-electron chi connectivity index (χ1n) is 13.7. The second-order valence-corrected chi connectivity index (χ2v) is 12.6. The van der Waals surface area contributed by atoms with Gasteiger partial charge in [0.2, 0.25) is 0 Å². The first-order chi connectivity index (χ1) is 21.0. The highest BCUT2D eigenvalue weighted by molar-refractivity contribution is 7.86. The lowest BCUT2D eigenvalue weighted by molar-refractivity contribution is 0.0959. The van der Waals surface area contributed by atoms with Crippen molar-refractivity contribution in [2.45, 2.75) is 49.3 Å². The molecule has 4 aromatic rings. The van der Waals surface area contributed by atoms with Gasteiger partial charge in [-0.1, -0.05) is 41.3 Å². The van der Waals surface area contributed by atoms with Crippen LogP contribution in [0.4, 0.5) is 9.57 Å². The number of rotatable bonds is 9. The number of hydrogen-bond donors (Lipinski definition) is 3. The van der Waals surface area contributed by atoms with E-state index in [2.05, 4.69) is 21.5 Å². The topological polar surface area (TPSA) is 136 Å². The summed E-state index contributed by atoms with van der Waals surface area (Å²) in [6.07, 6.45) is 10.3. The van der Waals surface area contributed by atoms with Gasteiger partial charge in [0, 0.05) is 23.8 Å². The van der Waals surface area contributed by atoms with E-state index < -0.39 is 15.1 Å². The standard InChI is InChI=1S/C31H28Cl2FN5O4S/c1-2-13-36-31(40)23-16-37-27-12-11-26(39-29(27)28(23)38-21-7-5-20(35)6-8-21)19-14-24(32)30(25(33)15-19)43-17-18-3-9-22(10-4-18)44(34,41)42/h1,3-4,9-12,14-16,20-21H,5-8,13,17,35H2,(H,36,40)(H,37,38). The maximum Gasteiger partial charge on any atom is 0.332 e. The molecule has 1 fully saturated rings. The third kappa shape index (κ3) is 7.22. The molecule has 1 aliphatic carbocycles. The minimum atomic E-state index is -4.80. The third-order valence-corrected chi connectivity index (χ3v) is 8.71. The van der Waals surface area contributed by atoms with Gasteiger partial charge in [-0.15, -0.1) is 10.3 Å². The van der Waals surface area contributed by atoms with E-state index >= 15 is 0 Å². The van der Waals surface area contributed by atoms with Crippen LogP contribution in [0.5, 0.6) is 5.75 Å². The van der Waals surface area contributed by atoms with E-state index in [1.807, 2.05) is 0 Å². The Balaban J connectivity index is 1.45. The maximum absolute atomic E-state index is 13.2. The number of fused-ring (bicyclic) bond motifs is 1. The van der Waals surface area contributed by atoms with Crippen molar-refractivity contribution in [3.63, 3.8) is 0 Å². The Morgan fingerprint density at radius 3 is 2.41 bits per heavy atom. The Morgan fingerprint density at radius 2 is 1.77 bits per heavy atom. The number of hydrogen-bond acceptors (Lipinski definition) is 8. The molecule has 0 saturated heterocycles. The number of terminal acetylenes is 1. The Kier molecular flexibility index (Phi) is 9.56. The monoisotopic (exact) mass is 655 g/mol. The van der Waals surface area contributed by atoms with E-state index in [0.717, 1.165) is 37.8 Å². The van der Waals surface area contributed by atoms with Crippen LogP contribution in [-0.2, 0) is 16.8 Å². The van der Waals surface area contributed by atoms with E-state index in [4.69, 9.17) is 45.1 Å². The zero-order valence-corrected chi connectivity index (χ0v) is 25.6. The van der Waals surface area contributed by atoms with E-state index in [1.54, 1.807) is 24.3 Å². The number of pyridine rings is 2. The van der Waals surface area contributed by atoms with Gasteiger partial charge in [-0.2, -0.15) is 8.42 Å². The Bertz CT molecular complexity index is 1830. The first kappa shape index (κ1) is 31.5. The smallest absolute Gasteiger partial charge is 0.332 e. The van der Waals surface area contributed by atoms with Crippen LogP contribution < -0.4 is 21.1 Å². The molecule has 1 saturated carbocycles. The molecule has 9 nitrogen and oxygen atoms in total. The molecule has 0 aliphatic heterocycles. The van der Waals surface area contributed by atoms with E-state index in [-0.39, 0.29) is 46.9 Å². The van der Waals surface area contributed by atoms with Crippen molar-refractivity contribution < 1.29 is 21.8 Å². The lowest BCUT2D eigenvalue weighted by Crippen LogP contribution is -2.34. The Hall–Kier alpha value is -3.95. The number of nitrogens with two attached hydrogens (primary N) is 1. The van der Waals surface area contributed by atoms with Crippen LogP contribution in [0.15, 0.2) is 59.6 Å². The van der Waals surface area contributed by atoms with E-state index in [0.29, 0.717) is 39.1 Å². The third-order valence-electron chi connectivity index (χ3n) is 7.31. The molecule has 2 aromatic carbocycles. The van der Waals surface area contributed by atoms with Gasteiger partial charge >= 0.3 is 10.2 Å². The fourth-order valence-corrected chi connectivity index (χ4v) is 6.05. The molecule has 0 radical (unpaired) electrons. The van der Waals surface area contributed by atoms with Crippen LogP contribution in [-0.4, -0.2) is 42.9 Å². The number of benzene rings is 2. The molecule has 4 N–H and O–H groups in total. The summed E-state index contributed by atoms with van der Waals surface area (Å²) in [5.74, 6) is 2.26. The molecule has 0 bridgehead atoms. The summed E-state index contributed by atoms with van der Waals surface area (Å²) in [7, 11) is -4.80. The SMILES string of the molecule is C#CCNC(=O)c1cnc2ccc(-c3cc(Cl)c(OCc4ccc(S(=O)(=O)F)cc4)c(Cl)c3)nc2c1NC1CCC(N)CC1. The summed E-state index contributed by atoms with van der Waals surface area (Å²) in [4.78, 5) is 21.9. The number of carbonyl (C=O) groups excluding carboxylic acids is 1. The van der Waals surface area contributed by atoms with Gasteiger partial charge in [0.25, 0.3) is 5.91 Å². The molecule has 0 unspecified atom stereocenters. The van der Waals surface area contributed by atoms with Gasteiger partial charge in [-0.05, 0) is 67.6 Å². The van der Waals surface area contributed by atoms with Crippen molar-refractivity contribution in [1.82, 2.24) is 15.3 Å². The highest BCUT2D eigenvalue weighted by atomic mass is 35.5. The number of ether oxygens (including phenoxy) is 1. The molecule has 44 heavy (non-hydrogen) atoms. The Morgan fingerprint density at radius 1 is 1.09 bits per heavy atom. The highest BCUT2D eigenvalue weighted by Gasteiger charge is 2.24. The van der Waals surface area contributed by atoms with Crippen molar-refractivity contribution in [2.24, 2.45) is 5.73 Å². The second kappa shape index (κ2) is 13.4. The molecule has 0 spiro atoms. The molecule has 0 atom stereocenters. The van der Waals surface area contributed by atoms with Crippen molar-refractivity contribution in [3.05, 3.63) is 75.9 Å². The fraction of sp³-hybridized carbons (Fsp3) is 0.258. The largest absolute Gasteiger partial charge is 0.486 e. The number of anilines is 1. The first-order valence-corrected chi connectivity index (χ1v) is 15.9. The highest BCUT2D eigenvalue weighted by Crippen LogP contribution is 2.38. The van der Waals surface area contributed by atoms with Crippen LogP contribution in [0.3, 0.4) is 0 Å². The number of amides is 1. The van der Waals surface area contributed by atoms with Gasteiger partial charge in [0.15, 0.2) is 5.75 Å². The molecule has 13 heteroatoms. The second-order valence-electron chi connectivity index (χ2n) is 10.4. The van der Waals surface area contributed by atoms with Gasteiger partial charge in [0.1, 0.15) is 12.1 Å². The van der Waals surface area contributed by atoms with Gasteiger partial charge in [-0.25, -0.2) is 4.98 Å². The van der Waals surface area contributed by atoms with E-state index in [1.165, 1.54) is 18.3 Å². The van der Waals surface area contributed by atoms with Crippen LogP contribution in [0.2, 0.25) is 10.0 Å². The van der Waals surface area contributed by atoms with Crippen molar-refractivity contribution >= 4 is 56.1 Å². The van der Waals surface area contributed by atoms with Crippen molar-refractivity contribution in [1.29, 1.82) is 0 Å². The van der Waals surface area contributed by atoms with Crippen LogP contribution in [0.1, 0.15) is 41.6 Å². The van der Waals surface area contributed by atoms with Gasteiger partial charge in [-0.3, -0.25) is 9.78 Å². The molecule has 1 aliphatic rings. The molecular weight excluding hydrogens is 628 g/mol. The molecule has 1 amide bonds. The summed E-state index contributed by atoms with van der Waals surface area (Å²) >= 11 is 13.1. The maximum atomic E-state index is 13.2. The molecule has 228 valence electrons. The fourth-order valence-electron chi connectivity index (χ4n) is 4.99. The summed E-state index contributed by atoms with van der Waals surface area (Å²) in [5, 5.41) is 6.67. The average molecular weight is 657 g/mol. The van der Waals surface area contributed by atoms with Gasteiger partial charge < -0.3 is 21.1 Å². The number of nitrogens with zero attached hydrogens (tertiary/aromatic N) is 2. The zero-order chi connectivity index (χ0) is 31.4. The molecule has 2 aromatic heterocycles. The molecule has 5 rings (SSSR count). The van der Waals surface area contributed by atoms with Gasteiger partial charge in [0.05, 0.1) is 43.9 Å². The predicted molar refractivity (Wildman–Crippen MR) is 169 cm³/mol. The zero-order valence-electron chi connectivity index (χ0n) is 23.3. The number of carbonyl (C=O) groups is 1. The summed E-state index contributed by atoms with van der Waals surface area (Å²) in [5.41, 5.74) is 9.78. The summed E-state index contributed by atoms with van der Waals surface area (Å²) in [6, 6.07) is 12.3. The summed E-state index contributed by atoms with van der Waals surface area (Å²) < 4.78 is 41.1.